The SMILES string of the molecule is CCCCCCCCCCCCc1ccccc1.CCCCCCCC[P+](CCCC)(CCCC)CCCC. The molecule has 230 valence electrons. The van der Waals surface area contributed by atoms with E-state index in [1.165, 1.54) is 153 Å². The van der Waals surface area contributed by atoms with Crippen molar-refractivity contribution in [1.82, 2.24) is 0 Å². The molecule has 0 N–H and O–H groups in total. The van der Waals surface area contributed by atoms with Gasteiger partial charge in [-0.2, -0.15) is 0 Å². The van der Waals surface area contributed by atoms with Gasteiger partial charge in [0.1, 0.15) is 0 Å². The van der Waals surface area contributed by atoms with E-state index >= 15 is 0 Å². The van der Waals surface area contributed by atoms with Gasteiger partial charge in [0.2, 0.25) is 0 Å². The van der Waals surface area contributed by atoms with Gasteiger partial charge in [0.25, 0.3) is 0 Å². The maximum atomic E-state index is 2.37. The van der Waals surface area contributed by atoms with Gasteiger partial charge in [-0.25, -0.2) is 0 Å². The summed E-state index contributed by atoms with van der Waals surface area (Å²) in [5, 5.41) is 0. The predicted molar refractivity (Wildman–Crippen MR) is 186 cm³/mol. The fraction of sp³-hybridized carbons (Fsp3) is 0.842. The Hall–Kier alpha value is -0.350. The largest absolute Gasteiger partial charge is 0.0654 e. The van der Waals surface area contributed by atoms with Crippen LogP contribution in [0.3, 0.4) is 0 Å². The third-order valence-electron chi connectivity index (χ3n) is 8.61. The number of rotatable bonds is 27. The molecule has 0 unspecified atom stereocenters. The van der Waals surface area contributed by atoms with Gasteiger partial charge in [0, 0.05) is 7.26 Å². The zero-order valence-corrected chi connectivity index (χ0v) is 28.8. The third kappa shape index (κ3) is 25.1. The van der Waals surface area contributed by atoms with Crippen molar-refractivity contribution >= 4 is 7.26 Å². The van der Waals surface area contributed by atoms with Crippen molar-refractivity contribution < 1.29 is 0 Å². The van der Waals surface area contributed by atoms with Gasteiger partial charge in [-0.05, 0) is 50.5 Å². The van der Waals surface area contributed by atoms with Crippen LogP contribution in [0.5, 0.6) is 0 Å². The Labute approximate surface area is 249 Å². The van der Waals surface area contributed by atoms with E-state index in [2.05, 4.69) is 65.0 Å². The predicted octanol–water partition coefficient (Wildman–Crippen LogP) is 13.9. The Bertz CT molecular complexity index is 544. The third-order valence-corrected chi connectivity index (χ3v) is 13.7. The van der Waals surface area contributed by atoms with Crippen LogP contribution >= 0.6 is 7.26 Å². The van der Waals surface area contributed by atoms with Crippen LogP contribution < -0.4 is 0 Å². The molecular formula is C38H74P+. The zero-order valence-electron chi connectivity index (χ0n) is 27.9. The van der Waals surface area contributed by atoms with Crippen LogP contribution in [0.4, 0.5) is 0 Å². The van der Waals surface area contributed by atoms with Gasteiger partial charge < -0.3 is 0 Å². The van der Waals surface area contributed by atoms with E-state index in [9.17, 15) is 0 Å². The normalized spacial score (nSPS) is 11.4. The molecule has 0 spiro atoms. The lowest BCUT2D eigenvalue weighted by Crippen LogP contribution is -2.13. The van der Waals surface area contributed by atoms with Crippen molar-refractivity contribution in [2.75, 3.05) is 24.6 Å². The quantitative estimate of drug-likeness (QED) is 0.0740. The highest BCUT2D eigenvalue weighted by atomic mass is 31.2. The molecule has 1 heteroatoms. The maximum absolute atomic E-state index is 2.37. The number of hydrogen-bond donors (Lipinski definition) is 0. The van der Waals surface area contributed by atoms with E-state index in [1.54, 1.807) is 24.6 Å². The van der Waals surface area contributed by atoms with Crippen molar-refractivity contribution in [3.05, 3.63) is 35.9 Å². The van der Waals surface area contributed by atoms with Gasteiger partial charge in [-0.1, -0.05) is 168 Å². The van der Waals surface area contributed by atoms with Gasteiger partial charge in [0.05, 0.1) is 24.6 Å². The molecule has 0 aliphatic heterocycles. The second-order valence-corrected chi connectivity index (χ2v) is 17.0. The highest BCUT2D eigenvalue weighted by Crippen LogP contribution is 2.61. The molecule has 0 aromatic heterocycles. The lowest BCUT2D eigenvalue weighted by molar-refractivity contribution is 0.556. The minimum atomic E-state index is -0.601. The van der Waals surface area contributed by atoms with Crippen LogP contribution in [0, 0.1) is 0 Å². The second-order valence-electron chi connectivity index (χ2n) is 12.5. The average molecular weight is 562 g/mol. The summed E-state index contributed by atoms with van der Waals surface area (Å²) in [6.45, 7) is 11.7. The molecule has 1 aromatic carbocycles. The van der Waals surface area contributed by atoms with Crippen LogP contribution in [0.25, 0.3) is 0 Å². The summed E-state index contributed by atoms with van der Waals surface area (Å²) in [6, 6.07) is 10.9. The highest BCUT2D eigenvalue weighted by molar-refractivity contribution is 7.75. The van der Waals surface area contributed by atoms with E-state index in [1.807, 2.05) is 0 Å². The Balaban J connectivity index is 0.000000748. The number of unbranched alkanes of at least 4 members (excludes halogenated alkanes) is 17. The summed E-state index contributed by atoms with van der Waals surface area (Å²) in [5.41, 5.74) is 1.50. The van der Waals surface area contributed by atoms with Crippen LogP contribution in [-0.4, -0.2) is 24.6 Å². The topological polar surface area (TPSA) is 0 Å². The van der Waals surface area contributed by atoms with Crippen molar-refractivity contribution in [2.45, 2.75) is 182 Å². The summed E-state index contributed by atoms with van der Waals surface area (Å²) < 4.78 is 0. The molecule has 0 atom stereocenters. The molecule has 0 amide bonds. The van der Waals surface area contributed by atoms with Crippen LogP contribution in [-0.2, 0) is 6.42 Å². The van der Waals surface area contributed by atoms with Gasteiger partial charge >= 0.3 is 0 Å². The van der Waals surface area contributed by atoms with E-state index in [0.717, 1.165) is 0 Å². The Morgan fingerprint density at radius 3 is 1.10 bits per heavy atom. The minimum absolute atomic E-state index is 0.601. The monoisotopic (exact) mass is 562 g/mol. The molecule has 0 saturated carbocycles. The lowest BCUT2D eigenvalue weighted by Gasteiger charge is -2.28. The van der Waals surface area contributed by atoms with E-state index in [4.69, 9.17) is 0 Å². The van der Waals surface area contributed by atoms with Crippen molar-refractivity contribution in [3.8, 4) is 0 Å². The van der Waals surface area contributed by atoms with Gasteiger partial charge in [0.15, 0.2) is 0 Å². The summed E-state index contributed by atoms with van der Waals surface area (Å²) in [7, 11) is -0.601. The summed E-state index contributed by atoms with van der Waals surface area (Å²) in [4.78, 5) is 0. The smallest absolute Gasteiger partial charge is 0.0594 e. The van der Waals surface area contributed by atoms with Crippen molar-refractivity contribution in [3.63, 3.8) is 0 Å². The number of hydrogen-bond acceptors (Lipinski definition) is 0. The summed E-state index contributed by atoms with van der Waals surface area (Å²) in [5.74, 6) is 0. The number of aryl methyl sites for hydroxylation is 1. The van der Waals surface area contributed by atoms with Crippen LogP contribution in [0.1, 0.15) is 181 Å². The molecule has 0 heterocycles. The summed E-state index contributed by atoms with van der Waals surface area (Å²) >= 11 is 0. The molecule has 0 bridgehead atoms. The first-order valence-electron chi connectivity index (χ1n) is 18.1. The highest BCUT2D eigenvalue weighted by Gasteiger charge is 2.34. The van der Waals surface area contributed by atoms with Crippen LogP contribution in [0.2, 0.25) is 0 Å². The molecule has 39 heavy (non-hydrogen) atoms. The molecule has 0 radical (unpaired) electrons. The van der Waals surface area contributed by atoms with Crippen LogP contribution in [0.15, 0.2) is 30.3 Å². The summed E-state index contributed by atoms with van der Waals surface area (Å²) in [6.07, 6.45) is 39.5. The second kappa shape index (κ2) is 30.6. The Morgan fingerprint density at radius 1 is 0.359 bits per heavy atom. The Morgan fingerprint density at radius 2 is 0.692 bits per heavy atom. The first kappa shape index (κ1) is 38.6. The fourth-order valence-electron chi connectivity index (χ4n) is 5.84. The molecule has 0 saturated heterocycles. The molecule has 1 rings (SSSR count). The molecule has 0 aliphatic carbocycles. The van der Waals surface area contributed by atoms with Gasteiger partial charge in [-0.3, -0.25) is 0 Å². The standard InChI is InChI=1S/C20H44P.C18H30/c1-5-9-13-14-15-16-20-21(17-10-6-2,18-11-7-3)19-12-8-4;1-2-3-4-5-6-7-8-9-10-12-15-18-16-13-11-14-17-18/h5-20H2,1-4H3;11,13-14,16-17H,2-10,12,15H2,1H3/q+1;. The molecule has 0 nitrogen and oxygen atoms in total. The van der Waals surface area contributed by atoms with E-state index < -0.39 is 7.26 Å². The average Bonchev–Trinajstić information content (AvgIpc) is 2.97. The first-order chi connectivity index (χ1) is 19.2. The fourth-order valence-corrected chi connectivity index (χ4v) is 11.0. The lowest BCUT2D eigenvalue weighted by atomic mass is 10.0. The molecule has 1 aromatic rings. The van der Waals surface area contributed by atoms with E-state index in [-0.39, 0.29) is 0 Å². The number of benzene rings is 1. The Kier molecular flexibility index (Phi) is 30.3. The minimum Gasteiger partial charge on any atom is -0.0654 e. The zero-order chi connectivity index (χ0) is 28.7. The maximum Gasteiger partial charge on any atom is 0.0594 e. The molecule has 0 fully saturated rings. The van der Waals surface area contributed by atoms with E-state index in [0.29, 0.717) is 0 Å². The molecule has 0 aliphatic rings. The van der Waals surface area contributed by atoms with Crippen molar-refractivity contribution in [1.29, 1.82) is 0 Å². The first-order valence-corrected chi connectivity index (χ1v) is 20.6. The van der Waals surface area contributed by atoms with Crippen molar-refractivity contribution in [2.24, 2.45) is 0 Å². The van der Waals surface area contributed by atoms with Gasteiger partial charge in [-0.15, -0.1) is 0 Å². The molecular weight excluding hydrogens is 487 g/mol.